The molecule has 4 rings (SSSR count). The molecule has 31 heavy (non-hydrogen) atoms. The molecule has 1 saturated heterocycles. The number of sulfonamides is 1. The van der Waals surface area contributed by atoms with Crippen LogP contribution in [0.5, 0.6) is 5.75 Å². The second-order valence-electron chi connectivity index (χ2n) is 7.75. The summed E-state index contributed by atoms with van der Waals surface area (Å²) in [7, 11) is -3.49. The number of hydrogen-bond acceptors (Lipinski definition) is 4. The Kier molecular flexibility index (Phi) is 6.25. The van der Waals surface area contributed by atoms with E-state index in [-0.39, 0.29) is 10.8 Å². The molecule has 7 heteroatoms. The highest BCUT2D eigenvalue weighted by Gasteiger charge is 2.25. The number of carbonyl (C=O) groups excluding carboxylic acids is 1. The lowest BCUT2D eigenvalue weighted by atomic mass is 10.1. The van der Waals surface area contributed by atoms with E-state index in [9.17, 15) is 13.2 Å². The molecule has 0 radical (unpaired) electrons. The van der Waals surface area contributed by atoms with Crippen molar-refractivity contribution in [1.29, 1.82) is 0 Å². The third-order valence-electron chi connectivity index (χ3n) is 5.48. The van der Waals surface area contributed by atoms with Crippen LogP contribution >= 0.6 is 0 Å². The molecular weight excluding hydrogens is 412 g/mol. The lowest BCUT2D eigenvalue weighted by molar-refractivity contribution is -0.122. The molecule has 1 N–H and O–H groups in total. The van der Waals surface area contributed by atoms with E-state index in [0.29, 0.717) is 24.5 Å². The summed E-state index contributed by atoms with van der Waals surface area (Å²) in [6.07, 6.45) is 2.14. The smallest absolute Gasteiger partial charge is 0.265 e. The van der Waals surface area contributed by atoms with Crippen LogP contribution in [0.4, 0.5) is 5.69 Å². The van der Waals surface area contributed by atoms with Crippen molar-refractivity contribution in [1.82, 2.24) is 4.31 Å². The van der Waals surface area contributed by atoms with E-state index in [1.54, 1.807) is 19.1 Å². The molecule has 0 spiro atoms. The Labute approximate surface area is 182 Å². The van der Waals surface area contributed by atoms with E-state index in [1.165, 1.54) is 16.4 Å². The largest absolute Gasteiger partial charge is 0.481 e. The highest BCUT2D eigenvalue weighted by atomic mass is 32.2. The Bertz CT molecular complexity index is 1170. The molecule has 1 fully saturated rings. The number of carbonyl (C=O) groups is 1. The van der Waals surface area contributed by atoms with Gasteiger partial charge in [-0.05, 0) is 66.9 Å². The lowest BCUT2D eigenvalue weighted by Crippen LogP contribution is -2.35. The third-order valence-corrected chi connectivity index (χ3v) is 7.39. The Morgan fingerprint density at radius 3 is 2.32 bits per heavy atom. The fraction of sp³-hybridized carbons (Fsp3) is 0.292. The zero-order valence-electron chi connectivity index (χ0n) is 17.5. The first kappa shape index (κ1) is 21.3. The molecule has 162 valence electrons. The number of hydrogen-bond donors (Lipinski definition) is 1. The van der Waals surface area contributed by atoms with Crippen molar-refractivity contribution in [3.8, 4) is 5.75 Å². The van der Waals surface area contributed by atoms with E-state index in [4.69, 9.17) is 4.74 Å². The SMILES string of the molecule is CC(Oc1ccc2ccccc2c1)C(=O)Nc1ccc(S(=O)(=O)N2CCCCC2)cc1. The molecule has 3 aromatic carbocycles. The van der Waals surface area contributed by atoms with Crippen LogP contribution in [0.15, 0.2) is 71.6 Å². The number of ether oxygens (including phenoxy) is 1. The monoisotopic (exact) mass is 438 g/mol. The normalized spacial score (nSPS) is 16.0. The molecular formula is C24H26N2O4S. The summed E-state index contributed by atoms with van der Waals surface area (Å²) in [5.41, 5.74) is 0.525. The second-order valence-corrected chi connectivity index (χ2v) is 9.69. The fourth-order valence-corrected chi connectivity index (χ4v) is 5.22. The Morgan fingerprint density at radius 2 is 1.61 bits per heavy atom. The van der Waals surface area contributed by atoms with Gasteiger partial charge in [0.15, 0.2) is 6.10 Å². The summed E-state index contributed by atoms with van der Waals surface area (Å²) in [6.45, 7) is 2.80. The molecule has 1 amide bonds. The van der Waals surface area contributed by atoms with Crippen molar-refractivity contribution >= 4 is 32.4 Å². The first-order chi connectivity index (χ1) is 14.9. The van der Waals surface area contributed by atoms with Gasteiger partial charge >= 0.3 is 0 Å². The minimum absolute atomic E-state index is 0.243. The maximum Gasteiger partial charge on any atom is 0.265 e. The molecule has 0 aromatic heterocycles. The van der Waals surface area contributed by atoms with Crippen molar-refractivity contribution < 1.29 is 17.9 Å². The molecule has 0 saturated carbocycles. The maximum absolute atomic E-state index is 12.7. The van der Waals surface area contributed by atoms with Gasteiger partial charge in [-0.2, -0.15) is 4.31 Å². The first-order valence-electron chi connectivity index (χ1n) is 10.5. The average molecular weight is 439 g/mol. The molecule has 6 nitrogen and oxygen atoms in total. The standard InChI is InChI=1S/C24H26N2O4S/c1-18(30-22-12-9-19-7-3-4-8-20(19)17-22)24(27)25-21-10-13-23(14-11-21)31(28,29)26-15-5-2-6-16-26/h3-4,7-14,17-18H,2,5-6,15-16H2,1H3,(H,25,27). The van der Waals surface area contributed by atoms with Gasteiger partial charge < -0.3 is 10.1 Å². The van der Waals surface area contributed by atoms with E-state index in [1.807, 2.05) is 42.5 Å². The van der Waals surface area contributed by atoms with Gasteiger partial charge in [-0.25, -0.2) is 8.42 Å². The molecule has 1 heterocycles. The third kappa shape index (κ3) is 4.89. The van der Waals surface area contributed by atoms with Gasteiger partial charge in [0.25, 0.3) is 5.91 Å². The van der Waals surface area contributed by atoms with Gasteiger partial charge in [0.05, 0.1) is 4.90 Å². The Hall–Kier alpha value is -2.90. The van der Waals surface area contributed by atoms with Crippen LogP contribution in [-0.4, -0.2) is 37.8 Å². The number of amides is 1. The van der Waals surface area contributed by atoms with Crippen LogP contribution in [-0.2, 0) is 14.8 Å². The first-order valence-corrected chi connectivity index (χ1v) is 11.9. The number of benzene rings is 3. The molecule has 3 aromatic rings. The summed E-state index contributed by atoms with van der Waals surface area (Å²) in [5.74, 6) is 0.309. The minimum Gasteiger partial charge on any atom is -0.481 e. The van der Waals surface area contributed by atoms with Gasteiger partial charge in [-0.15, -0.1) is 0 Å². The summed E-state index contributed by atoms with van der Waals surface area (Å²) in [5, 5.41) is 4.93. The highest BCUT2D eigenvalue weighted by Crippen LogP contribution is 2.23. The summed E-state index contributed by atoms with van der Waals surface area (Å²) in [6, 6.07) is 19.9. The quantitative estimate of drug-likeness (QED) is 0.618. The fourth-order valence-electron chi connectivity index (χ4n) is 3.71. The van der Waals surface area contributed by atoms with Gasteiger partial charge in [0.2, 0.25) is 10.0 Å². The van der Waals surface area contributed by atoms with Gasteiger partial charge in [-0.1, -0.05) is 36.8 Å². The van der Waals surface area contributed by atoms with Crippen molar-refractivity contribution in [2.75, 3.05) is 18.4 Å². The molecule has 1 atom stereocenters. The summed E-state index contributed by atoms with van der Waals surface area (Å²) >= 11 is 0. The number of nitrogens with one attached hydrogen (secondary N) is 1. The van der Waals surface area contributed by atoms with Crippen LogP contribution in [0.2, 0.25) is 0 Å². The van der Waals surface area contributed by atoms with Crippen molar-refractivity contribution in [3.05, 3.63) is 66.7 Å². The molecule has 1 aliphatic heterocycles. The second kappa shape index (κ2) is 9.08. The number of rotatable bonds is 6. The van der Waals surface area contributed by atoms with Crippen LogP contribution in [0, 0.1) is 0 Å². The Balaban J connectivity index is 1.39. The maximum atomic E-state index is 12.7. The minimum atomic E-state index is -3.49. The van der Waals surface area contributed by atoms with Gasteiger partial charge in [-0.3, -0.25) is 4.79 Å². The van der Waals surface area contributed by atoms with E-state index in [2.05, 4.69) is 5.32 Å². The van der Waals surface area contributed by atoms with Crippen LogP contribution in [0.1, 0.15) is 26.2 Å². The van der Waals surface area contributed by atoms with E-state index < -0.39 is 16.1 Å². The molecule has 0 aliphatic carbocycles. The highest BCUT2D eigenvalue weighted by molar-refractivity contribution is 7.89. The van der Waals surface area contributed by atoms with Gasteiger partial charge in [0.1, 0.15) is 5.75 Å². The number of fused-ring (bicyclic) bond motifs is 1. The van der Waals surface area contributed by atoms with Crippen molar-refractivity contribution in [2.24, 2.45) is 0 Å². The van der Waals surface area contributed by atoms with Crippen molar-refractivity contribution in [3.63, 3.8) is 0 Å². The Morgan fingerprint density at radius 1 is 0.935 bits per heavy atom. The number of piperidine rings is 1. The summed E-state index contributed by atoms with van der Waals surface area (Å²) < 4.78 is 32.8. The van der Waals surface area contributed by atoms with E-state index in [0.717, 1.165) is 30.0 Å². The van der Waals surface area contributed by atoms with Crippen LogP contribution in [0.25, 0.3) is 10.8 Å². The van der Waals surface area contributed by atoms with Gasteiger partial charge in [0, 0.05) is 18.8 Å². The molecule has 0 bridgehead atoms. The predicted octanol–water partition coefficient (Wildman–Crippen LogP) is 4.42. The summed E-state index contributed by atoms with van der Waals surface area (Å²) in [4.78, 5) is 12.8. The zero-order chi connectivity index (χ0) is 21.8. The predicted molar refractivity (Wildman–Crippen MR) is 122 cm³/mol. The zero-order valence-corrected chi connectivity index (χ0v) is 18.3. The topological polar surface area (TPSA) is 75.7 Å². The average Bonchev–Trinajstić information content (AvgIpc) is 2.80. The number of anilines is 1. The van der Waals surface area contributed by atoms with E-state index >= 15 is 0 Å². The van der Waals surface area contributed by atoms with Crippen molar-refractivity contribution in [2.45, 2.75) is 37.2 Å². The molecule has 1 aliphatic rings. The molecule has 1 unspecified atom stereocenters. The number of nitrogens with zero attached hydrogens (tertiary/aromatic N) is 1. The lowest BCUT2D eigenvalue weighted by Gasteiger charge is -2.25. The van der Waals surface area contributed by atoms with Crippen LogP contribution < -0.4 is 10.1 Å². The van der Waals surface area contributed by atoms with Crippen LogP contribution in [0.3, 0.4) is 0 Å².